The van der Waals surface area contributed by atoms with Gasteiger partial charge in [0.05, 0.1) is 23.9 Å². The van der Waals surface area contributed by atoms with Crippen LogP contribution in [0.4, 0.5) is 11.4 Å². The minimum absolute atomic E-state index is 0.678. The van der Waals surface area contributed by atoms with Gasteiger partial charge in [-0.1, -0.05) is 62.2 Å². The van der Waals surface area contributed by atoms with Crippen LogP contribution < -0.4 is 9.03 Å². The van der Waals surface area contributed by atoms with Crippen molar-refractivity contribution in [3.05, 3.63) is 83.5 Å². The highest BCUT2D eigenvalue weighted by molar-refractivity contribution is 8.00. The van der Waals surface area contributed by atoms with E-state index in [4.69, 9.17) is 21.3 Å². The molecule has 5 rings (SSSR count). The van der Waals surface area contributed by atoms with Gasteiger partial charge in [0.15, 0.2) is 0 Å². The molecule has 3 aromatic carbocycles. The van der Waals surface area contributed by atoms with Crippen molar-refractivity contribution in [1.29, 1.82) is 0 Å². The SMILES string of the molecule is CCC.Cc1ccc(NSc2ccc(N3CCOCS3)cc2Cl)cc1-c1nccc2ccccc12. The van der Waals surface area contributed by atoms with Crippen molar-refractivity contribution in [2.75, 3.05) is 28.1 Å². The number of pyridine rings is 1. The molecule has 1 aromatic heterocycles. The number of hydrogen-bond acceptors (Lipinski definition) is 6. The lowest BCUT2D eigenvalue weighted by Crippen LogP contribution is -2.26. The highest BCUT2D eigenvalue weighted by atomic mass is 35.5. The highest BCUT2D eigenvalue weighted by Gasteiger charge is 2.14. The fourth-order valence-electron chi connectivity index (χ4n) is 3.69. The second-order valence-electron chi connectivity index (χ2n) is 8.19. The van der Waals surface area contributed by atoms with Crippen LogP contribution in [0.2, 0.25) is 5.02 Å². The Balaban J connectivity index is 0.000000917. The zero-order chi connectivity index (χ0) is 24.6. The van der Waals surface area contributed by atoms with E-state index in [0.717, 1.165) is 51.1 Å². The molecule has 0 bridgehead atoms. The molecule has 0 unspecified atom stereocenters. The summed E-state index contributed by atoms with van der Waals surface area (Å²) in [5.74, 6) is 0.678. The van der Waals surface area contributed by atoms with E-state index in [9.17, 15) is 0 Å². The standard InChI is InChI=1S/C25H22ClN3OS2.C3H8/c1-17-6-7-19(14-22(17)25-21-5-3-2-4-18(21)10-11-27-25)28-32-24-9-8-20(15-23(24)26)29-12-13-30-16-31-29;1-3-2/h2-11,14-15,28H,12-13,16H2,1H3;3H2,1-2H3. The zero-order valence-corrected chi connectivity index (χ0v) is 22.6. The van der Waals surface area contributed by atoms with Crippen LogP contribution in [-0.2, 0) is 4.74 Å². The van der Waals surface area contributed by atoms with E-state index in [2.05, 4.69) is 84.4 Å². The molecular formula is C28H30ClN3OS2. The highest BCUT2D eigenvalue weighted by Crippen LogP contribution is 2.36. The fraction of sp³-hybridized carbons (Fsp3) is 0.250. The Hall–Kier alpha value is -2.38. The summed E-state index contributed by atoms with van der Waals surface area (Å²) in [6.45, 7) is 7.97. The minimum atomic E-state index is 0.678. The summed E-state index contributed by atoms with van der Waals surface area (Å²) in [7, 11) is 0. The number of rotatable bonds is 5. The molecule has 4 aromatic rings. The first-order valence-corrected chi connectivity index (χ1v) is 13.9. The maximum absolute atomic E-state index is 6.59. The first-order valence-electron chi connectivity index (χ1n) is 11.8. The molecule has 35 heavy (non-hydrogen) atoms. The van der Waals surface area contributed by atoms with Gasteiger partial charge in [-0.2, -0.15) is 0 Å². The van der Waals surface area contributed by atoms with E-state index in [1.165, 1.54) is 29.3 Å². The van der Waals surface area contributed by atoms with Crippen LogP contribution in [0.15, 0.2) is 77.8 Å². The third-order valence-corrected chi connectivity index (χ3v) is 7.69. The monoisotopic (exact) mass is 523 g/mol. The summed E-state index contributed by atoms with van der Waals surface area (Å²) in [5, 5.41) is 3.08. The summed E-state index contributed by atoms with van der Waals surface area (Å²) in [6, 6.07) is 23.0. The maximum Gasteiger partial charge on any atom is 0.112 e. The average Bonchev–Trinajstić information content (AvgIpc) is 2.89. The molecule has 0 aliphatic carbocycles. The van der Waals surface area contributed by atoms with Crippen LogP contribution in [0.5, 0.6) is 0 Å². The minimum Gasteiger partial charge on any atom is -0.367 e. The molecule has 0 spiro atoms. The van der Waals surface area contributed by atoms with Gasteiger partial charge in [0.1, 0.15) is 5.94 Å². The molecule has 1 aliphatic rings. The van der Waals surface area contributed by atoms with Crippen LogP contribution in [0.25, 0.3) is 22.0 Å². The Bertz CT molecular complexity index is 1270. The van der Waals surface area contributed by atoms with Gasteiger partial charge in [-0.3, -0.25) is 4.98 Å². The lowest BCUT2D eigenvalue weighted by Gasteiger charge is -2.27. The first-order chi connectivity index (χ1) is 17.1. The molecule has 7 heteroatoms. The molecule has 0 radical (unpaired) electrons. The quantitative estimate of drug-likeness (QED) is 0.263. The number of fused-ring (bicyclic) bond motifs is 1. The van der Waals surface area contributed by atoms with E-state index < -0.39 is 0 Å². The zero-order valence-electron chi connectivity index (χ0n) is 20.3. The van der Waals surface area contributed by atoms with Gasteiger partial charge < -0.3 is 13.8 Å². The number of aromatic nitrogens is 1. The molecule has 182 valence electrons. The van der Waals surface area contributed by atoms with Crippen LogP contribution >= 0.6 is 35.5 Å². The van der Waals surface area contributed by atoms with Crippen LogP contribution in [0.1, 0.15) is 25.8 Å². The molecule has 4 nitrogen and oxygen atoms in total. The first kappa shape index (κ1) is 25.7. The lowest BCUT2D eigenvalue weighted by molar-refractivity contribution is 0.184. The van der Waals surface area contributed by atoms with Gasteiger partial charge in [-0.05, 0) is 78.2 Å². The van der Waals surface area contributed by atoms with E-state index >= 15 is 0 Å². The summed E-state index contributed by atoms with van der Waals surface area (Å²) in [6.07, 6.45) is 3.13. The average molecular weight is 524 g/mol. The predicted octanol–water partition coefficient (Wildman–Crippen LogP) is 8.84. The second kappa shape index (κ2) is 12.5. The Morgan fingerprint density at radius 3 is 2.69 bits per heavy atom. The van der Waals surface area contributed by atoms with Gasteiger partial charge >= 0.3 is 0 Å². The van der Waals surface area contributed by atoms with Crippen molar-refractivity contribution in [2.24, 2.45) is 0 Å². The molecular weight excluding hydrogens is 494 g/mol. The Labute approximate surface area is 221 Å². The number of hydrogen-bond donors (Lipinski definition) is 1. The number of nitrogens with zero attached hydrogens (tertiary/aromatic N) is 2. The number of anilines is 2. The molecule has 0 saturated carbocycles. The van der Waals surface area contributed by atoms with Gasteiger partial charge in [-0.15, -0.1) is 0 Å². The third-order valence-electron chi connectivity index (χ3n) is 5.38. The molecule has 0 atom stereocenters. The van der Waals surface area contributed by atoms with Crippen molar-refractivity contribution in [3.63, 3.8) is 0 Å². The topological polar surface area (TPSA) is 37.4 Å². The van der Waals surface area contributed by atoms with Gasteiger partial charge in [-0.25, -0.2) is 0 Å². The molecule has 1 saturated heterocycles. The van der Waals surface area contributed by atoms with Gasteiger partial charge in [0, 0.05) is 33.4 Å². The van der Waals surface area contributed by atoms with E-state index in [1.54, 1.807) is 11.9 Å². The van der Waals surface area contributed by atoms with Gasteiger partial charge in [0.25, 0.3) is 0 Å². The van der Waals surface area contributed by atoms with Crippen molar-refractivity contribution >= 4 is 57.6 Å². The summed E-state index contributed by atoms with van der Waals surface area (Å²) < 4.78 is 11.1. The third kappa shape index (κ3) is 6.44. The predicted molar refractivity (Wildman–Crippen MR) is 155 cm³/mol. The van der Waals surface area contributed by atoms with Crippen molar-refractivity contribution in [3.8, 4) is 11.3 Å². The Morgan fingerprint density at radius 1 is 1.09 bits per heavy atom. The number of ether oxygens (including phenoxy) is 1. The van der Waals surface area contributed by atoms with Crippen molar-refractivity contribution in [1.82, 2.24) is 4.98 Å². The molecule has 1 aliphatic heterocycles. The summed E-state index contributed by atoms with van der Waals surface area (Å²) >= 11 is 9.78. The molecule has 2 heterocycles. The van der Waals surface area contributed by atoms with Crippen molar-refractivity contribution < 1.29 is 4.74 Å². The Kier molecular flexibility index (Phi) is 9.21. The van der Waals surface area contributed by atoms with E-state index in [0.29, 0.717) is 5.94 Å². The normalized spacial score (nSPS) is 13.3. The number of halogens is 1. The Morgan fingerprint density at radius 2 is 1.91 bits per heavy atom. The van der Waals surface area contributed by atoms with Crippen LogP contribution in [0.3, 0.4) is 0 Å². The number of benzene rings is 3. The van der Waals surface area contributed by atoms with E-state index in [1.807, 2.05) is 18.3 Å². The van der Waals surface area contributed by atoms with Gasteiger partial charge in [0.2, 0.25) is 0 Å². The van der Waals surface area contributed by atoms with Crippen LogP contribution in [-0.4, -0.2) is 24.1 Å². The molecule has 1 N–H and O–H groups in total. The summed E-state index contributed by atoms with van der Waals surface area (Å²) in [5.41, 5.74) is 5.43. The van der Waals surface area contributed by atoms with Crippen LogP contribution in [0, 0.1) is 6.92 Å². The largest absolute Gasteiger partial charge is 0.367 e. The second-order valence-corrected chi connectivity index (χ2v) is 10.4. The maximum atomic E-state index is 6.59. The smallest absolute Gasteiger partial charge is 0.112 e. The number of aryl methyl sites for hydroxylation is 1. The molecule has 0 amide bonds. The number of nitrogens with one attached hydrogen (secondary N) is 1. The van der Waals surface area contributed by atoms with Crippen molar-refractivity contribution in [2.45, 2.75) is 32.1 Å². The molecule has 1 fully saturated rings. The lowest BCUT2D eigenvalue weighted by atomic mass is 10.00. The fourth-order valence-corrected chi connectivity index (χ4v) is 5.42. The van der Waals surface area contributed by atoms with E-state index in [-0.39, 0.29) is 0 Å². The summed E-state index contributed by atoms with van der Waals surface area (Å²) in [4.78, 5) is 5.68.